The van der Waals surface area contributed by atoms with Gasteiger partial charge in [0.05, 0.1) is 18.9 Å². The number of carboxylic acid groups (broad SMARTS) is 2. The Morgan fingerprint density at radius 3 is 1.71 bits per heavy atom. The Kier molecular flexibility index (Phi) is 11.2. The van der Waals surface area contributed by atoms with Gasteiger partial charge in [0.15, 0.2) is 0 Å². The Bertz CT molecular complexity index is 1370. The van der Waals surface area contributed by atoms with Crippen LogP contribution in [0, 0.1) is 29.5 Å². The molecule has 8 nitrogen and oxygen atoms in total. The maximum atomic E-state index is 14.5. The van der Waals surface area contributed by atoms with E-state index in [9.17, 15) is 24.2 Å². The van der Waals surface area contributed by atoms with Gasteiger partial charge in [-0.3, -0.25) is 14.5 Å². The zero-order valence-electron chi connectivity index (χ0n) is 25.9. The van der Waals surface area contributed by atoms with E-state index in [1.54, 1.807) is 0 Å². The maximum absolute atomic E-state index is 14.5. The summed E-state index contributed by atoms with van der Waals surface area (Å²) >= 11 is 0. The second-order valence-corrected chi connectivity index (χ2v) is 12.6. The molecule has 2 aliphatic rings. The highest BCUT2D eigenvalue weighted by Gasteiger charge is 2.31. The lowest BCUT2D eigenvalue weighted by Crippen LogP contribution is -2.27. The molecule has 2 aliphatic heterocycles. The topological polar surface area (TPSA) is 111 Å². The van der Waals surface area contributed by atoms with Crippen LogP contribution in [0.25, 0.3) is 0 Å². The average molecular weight is 618 g/mol. The number of ether oxygens (including phenoxy) is 1. The Morgan fingerprint density at radius 2 is 1.27 bits per heavy atom. The van der Waals surface area contributed by atoms with E-state index in [1.165, 1.54) is 19.2 Å². The second kappa shape index (κ2) is 15.5. The number of nitrogens with one attached hydrogen (secondary N) is 2. The number of halogens is 1. The number of hydrogen-bond donors (Lipinski definition) is 4. The van der Waals surface area contributed by atoms with Crippen LogP contribution in [0.5, 0.6) is 5.75 Å². The van der Waals surface area contributed by atoms with Gasteiger partial charge in [-0.15, -0.1) is 0 Å². The predicted octanol–water partition coefficient (Wildman–Crippen LogP) is 4.74. The van der Waals surface area contributed by atoms with Crippen molar-refractivity contribution in [3.05, 3.63) is 100 Å². The monoisotopic (exact) mass is 617 g/mol. The number of rotatable bonds is 15. The number of methoxy groups -OCH3 is 1. The van der Waals surface area contributed by atoms with Crippen molar-refractivity contribution in [2.75, 3.05) is 33.3 Å². The summed E-state index contributed by atoms with van der Waals surface area (Å²) in [6.45, 7) is 4.74. The van der Waals surface area contributed by atoms with E-state index in [-0.39, 0.29) is 17.7 Å². The molecule has 3 aromatic carbocycles. The van der Waals surface area contributed by atoms with Gasteiger partial charge >= 0.3 is 11.9 Å². The van der Waals surface area contributed by atoms with Gasteiger partial charge in [0.25, 0.3) is 0 Å². The van der Waals surface area contributed by atoms with Crippen LogP contribution in [-0.4, -0.2) is 60.3 Å². The van der Waals surface area contributed by atoms with Crippen molar-refractivity contribution in [2.45, 2.75) is 45.3 Å². The van der Waals surface area contributed by atoms with E-state index < -0.39 is 23.8 Å². The van der Waals surface area contributed by atoms with Crippen LogP contribution in [-0.2, 0) is 42.1 Å². The number of hydrogen-bond acceptors (Lipinski definition) is 6. The van der Waals surface area contributed by atoms with Gasteiger partial charge in [-0.25, -0.2) is 4.39 Å². The fourth-order valence-electron chi connectivity index (χ4n) is 6.94. The summed E-state index contributed by atoms with van der Waals surface area (Å²) < 4.78 is 19.8. The van der Waals surface area contributed by atoms with E-state index >= 15 is 0 Å². The fourth-order valence-corrected chi connectivity index (χ4v) is 6.94. The minimum absolute atomic E-state index is 0.114. The molecule has 5 rings (SSSR count). The van der Waals surface area contributed by atoms with Crippen LogP contribution >= 0.6 is 0 Å². The largest absolute Gasteiger partial charge is 0.497 e. The van der Waals surface area contributed by atoms with E-state index in [0.29, 0.717) is 38.2 Å². The smallest absolute Gasteiger partial charge is 0.307 e. The Balaban J connectivity index is 1.36. The highest BCUT2D eigenvalue weighted by molar-refractivity contribution is 5.71. The lowest BCUT2D eigenvalue weighted by molar-refractivity contribution is -0.144. The molecule has 3 aromatic rings. The third kappa shape index (κ3) is 9.12. The molecular formula is C36H44FN3O5. The SMILES string of the molecule is COc1cc(F)cc(CN(Cc2cccc(CC(C(=O)O)[C@H]3CCNC3)c2)Cc2cccc(CC(C(=O)O)[C@H]3CCNC3)c2)c1. The minimum atomic E-state index is -0.759. The highest BCUT2D eigenvalue weighted by Crippen LogP contribution is 2.27. The van der Waals surface area contributed by atoms with Gasteiger partial charge in [0.1, 0.15) is 11.6 Å². The van der Waals surface area contributed by atoms with E-state index in [4.69, 9.17) is 4.74 Å². The molecule has 2 fully saturated rings. The fraction of sp³-hybridized carbons (Fsp3) is 0.444. The van der Waals surface area contributed by atoms with Gasteiger partial charge in [-0.1, -0.05) is 48.5 Å². The molecule has 4 N–H and O–H groups in total. The molecule has 0 spiro atoms. The number of carbonyl (C=O) groups is 2. The summed E-state index contributed by atoms with van der Waals surface area (Å²) in [7, 11) is 1.52. The molecule has 2 saturated heterocycles. The van der Waals surface area contributed by atoms with Crippen molar-refractivity contribution < 1.29 is 28.9 Å². The first-order valence-corrected chi connectivity index (χ1v) is 15.9. The lowest BCUT2D eigenvalue weighted by Gasteiger charge is -2.24. The van der Waals surface area contributed by atoms with E-state index in [1.807, 2.05) is 42.5 Å². The van der Waals surface area contributed by atoms with Crippen LogP contribution < -0.4 is 15.4 Å². The molecule has 0 aromatic heterocycles. The summed E-state index contributed by atoms with van der Waals surface area (Å²) in [4.78, 5) is 26.5. The average Bonchev–Trinajstić information content (AvgIpc) is 3.74. The molecule has 45 heavy (non-hydrogen) atoms. The van der Waals surface area contributed by atoms with Crippen molar-refractivity contribution in [3.63, 3.8) is 0 Å². The highest BCUT2D eigenvalue weighted by atomic mass is 19.1. The van der Waals surface area contributed by atoms with Crippen molar-refractivity contribution in [3.8, 4) is 5.75 Å². The molecule has 0 aliphatic carbocycles. The quantitative estimate of drug-likeness (QED) is 0.194. The maximum Gasteiger partial charge on any atom is 0.307 e. The summed E-state index contributed by atoms with van der Waals surface area (Å²) in [5.74, 6) is -2.08. The van der Waals surface area contributed by atoms with Gasteiger partial charge in [0, 0.05) is 25.7 Å². The summed E-state index contributed by atoms with van der Waals surface area (Å²) in [6, 6.07) is 20.9. The Morgan fingerprint density at radius 1 is 0.778 bits per heavy atom. The van der Waals surface area contributed by atoms with E-state index in [2.05, 4.69) is 27.7 Å². The summed E-state index contributed by atoms with van der Waals surface area (Å²) in [6.07, 6.45) is 2.68. The molecular weight excluding hydrogens is 573 g/mol. The third-order valence-corrected chi connectivity index (χ3v) is 9.25. The number of nitrogens with zero attached hydrogens (tertiary/aromatic N) is 1. The molecule has 2 unspecified atom stereocenters. The molecule has 0 saturated carbocycles. The predicted molar refractivity (Wildman–Crippen MR) is 170 cm³/mol. The first kappa shape index (κ1) is 32.6. The summed E-state index contributed by atoms with van der Waals surface area (Å²) in [5, 5.41) is 26.5. The van der Waals surface area contributed by atoms with Gasteiger partial charge in [-0.2, -0.15) is 0 Å². The van der Waals surface area contributed by atoms with E-state index in [0.717, 1.165) is 66.8 Å². The first-order valence-electron chi connectivity index (χ1n) is 15.9. The molecule has 0 radical (unpaired) electrons. The number of carboxylic acids is 2. The lowest BCUT2D eigenvalue weighted by atomic mass is 9.86. The van der Waals surface area contributed by atoms with Crippen molar-refractivity contribution in [1.29, 1.82) is 0 Å². The zero-order valence-corrected chi connectivity index (χ0v) is 25.9. The molecule has 0 bridgehead atoms. The molecule has 4 atom stereocenters. The van der Waals surface area contributed by atoms with Crippen LogP contribution in [0.3, 0.4) is 0 Å². The molecule has 2 heterocycles. The number of benzene rings is 3. The minimum Gasteiger partial charge on any atom is -0.497 e. The first-order chi connectivity index (χ1) is 21.8. The molecule has 0 amide bonds. The summed E-state index contributed by atoms with van der Waals surface area (Å²) in [5.41, 5.74) is 4.84. The van der Waals surface area contributed by atoms with Crippen molar-refractivity contribution >= 4 is 11.9 Å². The van der Waals surface area contributed by atoms with Gasteiger partial charge in [0.2, 0.25) is 0 Å². The molecule has 240 valence electrons. The zero-order chi connectivity index (χ0) is 31.8. The Labute approximate surface area is 264 Å². The normalized spacial score (nSPS) is 19.4. The van der Waals surface area contributed by atoms with Crippen LogP contribution in [0.2, 0.25) is 0 Å². The van der Waals surface area contributed by atoms with Crippen LogP contribution in [0.15, 0.2) is 66.7 Å². The Hall–Kier alpha value is -3.79. The van der Waals surface area contributed by atoms with Crippen molar-refractivity contribution in [2.24, 2.45) is 23.7 Å². The van der Waals surface area contributed by atoms with Crippen LogP contribution in [0.1, 0.15) is 40.7 Å². The number of aliphatic carboxylic acids is 2. The van der Waals surface area contributed by atoms with Crippen LogP contribution in [0.4, 0.5) is 4.39 Å². The molecule has 9 heteroatoms. The van der Waals surface area contributed by atoms with Gasteiger partial charge < -0.3 is 25.6 Å². The van der Waals surface area contributed by atoms with Gasteiger partial charge in [-0.05, 0) is 104 Å². The third-order valence-electron chi connectivity index (χ3n) is 9.25. The van der Waals surface area contributed by atoms with Crippen molar-refractivity contribution in [1.82, 2.24) is 15.5 Å². The second-order valence-electron chi connectivity index (χ2n) is 12.6. The standard InChI is InChI=1S/C36H44FN3O5/c1-45-32-15-28(14-31(37)18-32)23-40(21-26-6-2-4-24(12-26)16-33(35(41)42)29-8-10-38-19-29)22-27-7-3-5-25(13-27)17-34(36(43)44)30-9-11-39-20-30/h2-7,12-15,18,29-30,33-34,38-39H,8-11,16-17,19-23H2,1H3,(H,41,42)(H,43,44)/t29-,30-,33?,34?/m0/s1.